The molecule has 2 aromatic rings. The number of halogens is 3. The van der Waals surface area contributed by atoms with Gasteiger partial charge < -0.3 is 5.73 Å². The lowest BCUT2D eigenvalue weighted by molar-refractivity contribution is 0.103. The van der Waals surface area contributed by atoms with E-state index in [0.717, 1.165) is 6.07 Å². The minimum Gasteiger partial charge on any atom is -0.324 e. The second-order valence-corrected chi connectivity index (χ2v) is 5.09. The van der Waals surface area contributed by atoms with Crippen molar-refractivity contribution < 1.29 is 13.6 Å². The largest absolute Gasteiger partial charge is 0.324 e. The average Bonchev–Trinajstić information content (AvgIpc) is 2.46. The third kappa shape index (κ3) is 3.12. The third-order valence-corrected chi connectivity index (χ3v) is 3.59. The summed E-state index contributed by atoms with van der Waals surface area (Å²) in [5.41, 5.74) is 5.81. The summed E-state index contributed by atoms with van der Waals surface area (Å²) in [4.78, 5) is 12.4. The quantitative estimate of drug-likeness (QED) is 0.858. The molecule has 0 aliphatic carbocycles. The Labute approximate surface area is 126 Å². The molecule has 2 N–H and O–H groups in total. The van der Waals surface area contributed by atoms with Gasteiger partial charge in [-0.2, -0.15) is 0 Å². The molecule has 110 valence electrons. The maximum absolute atomic E-state index is 14.5. The first-order valence-electron chi connectivity index (χ1n) is 6.49. The van der Waals surface area contributed by atoms with Gasteiger partial charge in [-0.15, -0.1) is 0 Å². The van der Waals surface area contributed by atoms with Gasteiger partial charge in [-0.25, -0.2) is 8.78 Å². The van der Waals surface area contributed by atoms with Crippen molar-refractivity contribution in [3.05, 3.63) is 69.7 Å². The molecule has 0 unspecified atom stereocenters. The smallest absolute Gasteiger partial charge is 0.197 e. The molecular weight excluding hydrogens is 296 g/mol. The van der Waals surface area contributed by atoms with Crippen LogP contribution in [0.15, 0.2) is 36.4 Å². The number of benzene rings is 2. The van der Waals surface area contributed by atoms with Crippen molar-refractivity contribution in [3.63, 3.8) is 0 Å². The molecular formula is C16H14ClF2NO. The first kappa shape index (κ1) is 15.6. The van der Waals surface area contributed by atoms with Crippen LogP contribution in [-0.2, 0) is 0 Å². The second kappa shape index (κ2) is 6.33. The molecule has 21 heavy (non-hydrogen) atoms. The van der Waals surface area contributed by atoms with Crippen LogP contribution in [0.3, 0.4) is 0 Å². The minimum absolute atomic E-state index is 0.0196. The van der Waals surface area contributed by atoms with Crippen LogP contribution in [0.2, 0.25) is 5.02 Å². The number of carbonyl (C=O) groups excluding carboxylic acids is 1. The van der Waals surface area contributed by atoms with E-state index >= 15 is 0 Å². The molecule has 2 aromatic carbocycles. The highest BCUT2D eigenvalue weighted by atomic mass is 35.5. The van der Waals surface area contributed by atoms with Crippen LogP contribution in [0.4, 0.5) is 8.78 Å². The Morgan fingerprint density at radius 3 is 2.62 bits per heavy atom. The molecule has 0 radical (unpaired) electrons. The summed E-state index contributed by atoms with van der Waals surface area (Å²) in [5, 5.41) is -0.0196. The molecule has 0 bridgehead atoms. The zero-order valence-corrected chi connectivity index (χ0v) is 12.1. The van der Waals surface area contributed by atoms with E-state index < -0.39 is 23.5 Å². The number of hydrogen-bond donors (Lipinski definition) is 1. The van der Waals surface area contributed by atoms with Crippen LogP contribution < -0.4 is 5.73 Å². The molecule has 0 saturated carbocycles. The second-order valence-electron chi connectivity index (χ2n) is 4.68. The van der Waals surface area contributed by atoms with Crippen molar-refractivity contribution in [1.29, 1.82) is 0 Å². The van der Waals surface area contributed by atoms with Gasteiger partial charge >= 0.3 is 0 Å². The van der Waals surface area contributed by atoms with Gasteiger partial charge in [0.2, 0.25) is 0 Å². The Balaban J connectivity index is 2.55. The maximum atomic E-state index is 14.5. The fourth-order valence-corrected chi connectivity index (χ4v) is 2.29. The highest BCUT2D eigenvalue weighted by molar-refractivity contribution is 6.35. The number of nitrogens with two attached hydrogens (primary N) is 1. The lowest BCUT2D eigenvalue weighted by Crippen LogP contribution is -2.14. The van der Waals surface area contributed by atoms with E-state index in [1.165, 1.54) is 30.3 Å². The van der Waals surface area contributed by atoms with Crippen LogP contribution in [0.25, 0.3) is 0 Å². The van der Waals surface area contributed by atoms with Gasteiger partial charge in [-0.1, -0.05) is 36.7 Å². The van der Waals surface area contributed by atoms with Gasteiger partial charge in [0.1, 0.15) is 11.6 Å². The Hall–Kier alpha value is -1.78. The number of ketones is 1. The van der Waals surface area contributed by atoms with Gasteiger partial charge in [0.05, 0.1) is 10.6 Å². The zero-order valence-electron chi connectivity index (χ0n) is 11.4. The van der Waals surface area contributed by atoms with E-state index in [2.05, 4.69) is 0 Å². The van der Waals surface area contributed by atoms with Crippen LogP contribution in [0.1, 0.15) is 40.9 Å². The summed E-state index contributed by atoms with van der Waals surface area (Å²) in [6.45, 7) is 1.81. The van der Waals surface area contributed by atoms with Crippen LogP contribution in [0, 0.1) is 11.6 Å². The van der Waals surface area contributed by atoms with Crippen LogP contribution in [0.5, 0.6) is 0 Å². The third-order valence-electron chi connectivity index (χ3n) is 3.27. The van der Waals surface area contributed by atoms with Crippen molar-refractivity contribution in [2.45, 2.75) is 19.4 Å². The predicted octanol–water partition coefficient (Wildman–Crippen LogP) is 4.26. The number of carbonyl (C=O) groups is 1. The Morgan fingerprint density at radius 2 is 2.00 bits per heavy atom. The first-order chi connectivity index (χ1) is 9.95. The molecule has 2 nitrogen and oxygen atoms in total. The Morgan fingerprint density at radius 1 is 1.29 bits per heavy atom. The zero-order chi connectivity index (χ0) is 15.6. The van der Waals surface area contributed by atoms with Crippen molar-refractivity contribution in [2.75, 3.05) is 0 Å². The van der Waals surface area contributed by atoms with E-state index in [0.29, 0.717) is 6.42 Å². The van der Waals surface area contributed by atoms with E-state index in [1.54, 1.807) is 0 Å². The maximum Gasteiger partial charge on any atom is 0.197 e. The molecule has 0 saturated heterocycles. The fourth-order valence-electron chi connectivity index (χ4n) is 2.06. The molecule has 1 atom stereocenters. The van der Waals surface area contributed by atoms with Crippen molar-refractivity contribution in [2.24, 2.45) is 5.73 Å². The summed E-state index contributed by atoms with van der Waals surface area (Å²) in [5.74, 6) is -1.98. The molecule has 2 rings (SSSR count). The SMILES string of the molecule is CC[C@@H](N)c1ccc(Cl)c(C(=O)c2cccc(F)c2)c1F. The van der Waals surface area contributed by atoms with Crippen molar-refractivity contribution >= 4 is 17.4 Å². The molecule has 0 heterocycles. The number of rotatable bonds is 4. The highest BCUT2D eigenvalue weighted by Crippen LogP contribution is 2.28. The van der Waals surface area contributed by atoms with Gasteiger partial charge in [0.25, 0.3) is 0 Å². The van der Waals surface area contributed by atoms with Crippen LogP contribution >= 0.6 is 11.6 Å². The van der Waals surface area contributed by atoms with Gasteiger partial charge in [-0.3, -0.25) is 4.79 Å². The molecule has 0 aromatic heterocycles. The van der Waals surface area contributed by atoms with Crippen LogP contribution in [-0.4, -0.2) is 5.78 Å². The Bertz CT molecular complexity index is 688. The monoisotopic (exact) mass is 309 g/mol. The van der Waals surface area contributed by atoms with Crippen molar-refractivity contribution in [1.82, 2.24) is 0 Å². The van der Waals surface area contributed by atoms with E-state index in [4.69, 9.17) is 17.3 Å². The van der Waals surface area contributed by atoms with Crippen molar-refractivity contribution in [3.8, 4) is 0 Å². The molecule has 0 spiro atoms. The van der Waals surface area contributed by atoms with Gasteiger partial charge in [-0.05, 0) is 24.6 Å². The average molecular weight is 310 g/mol. The molecule has 5 heteroatoms. The van der Waals surface area contributed by atoms with E-state index in [9.17, 15) is 13.6 Å². The fraction of sp³-hybridized carbons (Fsp3) is 0.188. The minimum atomic E-state index is -0.744. The summed E-state index contributed by atoms with van der Waals surface area (Å²) in [7, 11) is 0. The standard InChI is InChI=1S/C16H14ClF2NO/c1-2-13(20)11-6-7-12(17)14(15(11)19)16(21)9-4-3-5-10(18)8-9/h3-8,13H,2,20H2,1H3/t13-/m1/s1. The lowest BCUT2D eigenvalue weighted by Gasteiger charge is -2.14. The predicted molar refractivity (Wildman–Crippen MR) is 78.5 cm³/mol. The summed E-state index contributed by atoms with van der Waals surface area (Å²) < 4.78 is 27.7. The molecule has 0 amide bonds. The Kier molecular flexibility index (Phi) is 4.70. The molecule has 0 aliphatic heterocycles. The normalized spacial score (nSPS) is 12.2. The molecule has 0 fully saturated rings. The van der Waals surface area contributed by atoms with Gasteiger partial charge in [0.15, 0.2) is 5.78 Å². The molecule has 0 aliphatic rings. The van der Waals surface area contributed by atoms with E-state index in [1.807, 2.05) is 6.92 Å². The first-order valence-corrected chi connectivity index (χ1v) is 6.87. The lowest BCUT2D eigenvalue weighted by atomic mass is 9.96. The van der Waals surface area contributed by atoms with E-state index in [-0.39, 0.29) is 21.7 Å². The summed E-state index contributed by atoms with van der Waals surface area (Å²) in [6, 6.07) is 7.42. The summed E-state index contributed by atoms with van der Waals surface area (Å²) >= 11 is 5.94. The summed E-state index contributed by atoms with van der Waals surface area (Å²) in [6.07, 6.45) is 0.520. The van der Waals surface area contributed by atoms with Gasteiger partial charge in [0, 0.05) is 17.2 Å². The number of hydrogen-bond acceptors (Lipinski definition) is 2. The highest BCUT2D eigenvalue weighted by Gasteiger charge is 2.22. The topological polar surface area (TPSA) is 43.1 Å².